The number of nitrogens with zero attached hydrogens (tertiary/aromatic N) is 1. The van der Waals surface area contributed by atoms with Crippen molar-refractivity contribution >= 4 is 5.97 Å². The highest BCUT2D eigenvalue weighted by molar-refractivity contribution is 5.90. The molecule has 0 radical (unpaired) electrons. The van der Waals surface area contributed by atoms with Crippen molar-refractivity contribution in [2.45, 2.75) is 6.92 Å². The number of carbonyl (C=O) groups is 1. The van der Waals surface area contributed by atoms with Gasteiger partial charge >= 0.3 is 5.97 Å². The molecule has 0 saturated heterocycles. The fourth-order valence-electron chi connectivity index (χ4n) is 3.22. The monoisotopic (exact) mass is 365 g/mol. The minimum absolute atomic E-state index is 0.318. The van der Waals surface area contributed by atoms with Gasteiger partial charge in [0.05, 0.1) is 11.3 Å². The minimum Gasteiger partial charge on any atom is -0.407 e. The van der Waals surface area contributed by atoms with Crippen molar-refractivity contribution in [2.75, 3.05) is 0 Å². The van der Waals surface area contributed by atoms with Gasteiger partial charge in [0, 0.05) is 12.5 Å². The standard InChI is InChI=1S/C25H19NO2/c1-18(27)28-25-24(21-15-9-4-10-16-21)22(19-11-5-2-6-12-19)17-23(26-25)20-13-7-3-8-14-20/h2-17H,1H3. The molecule has 3 heteroatoms. The molecule has 1 aromatic heterocycles. The number of benzene rings is 3. The van der Waals surface area contributed by atoms with Crippen molar-refractivity contribution in [1.29, 1.82) is 0 Å². The smallest absolute Gasteiger partial charge is 0.309 e. The van der Waals surface area contributed by atoms with E-state index in [0.717, 1.165) is 33.5 Å². The lowest BCUT2D eigenvalue weighted by atomic mass is 9.94. The Morgan fingerprint density at radius 3 is 1.75 bits per heavy atom. The van der Waals surface area contributed by atoms with E-state index in [1.807, 2.05) is 91.0 Å². The first-order valence-electron chi connectivity index (χ1n) is 9.12. The van der Waals surface area contributed by atoms with Crippen LogP contribution < -0.4 is 4.74 Å². The number of aromatic nitrogens is 1. The lowest BCUT2D eigenvalue weighted by Gasteiger charge is -2.16. The van der Waals surface area contributed by atoms with Crippen LogP contribution in [0.5, 0.6) is 5.88 Å². The van der Waals surface area contributed by atoms with Crippen molar-refractivity contribution in [3.8, 4) is 39.4 Å². The summed E-state index contributed by atoms with van der Waals surface area (Å²) in [7, 11) is 0. The van der Waals surface area contributed by atoms with Crippen LogP contribution in [0.4, 0.5) is 0 Å². The van der Waals surface area contributed by atoms with E-state index >= 15 is 0 Å². The minimum atomic E-state index is -0.395. The molecule has 1 heterocycles. The van der Waals surface area contributed by atoms with Gasteiger partial charge in [0.2, 0.25) is 5.88 Å². The molecule has 0 aliphatic carbocycles. The second-order valence-corrected chi connectivity index (χ2v) is 6.43. The molecule has 3 nitrogen and oxygen atoms in total. The predicted molar refractivity (Wildman–Crippen MR) is 112 cm³/mol. The zero-order valence-electron chi connectivity index (χ0n) is 15.5. The molecule has 0 unspecified atom stereocenters. The molecule has 0 aliphatic rings. The molecule has 28 heavy (non-hydrogen) atoms. The van der Waals surface area contributed by atoms with E-state index in [-0.39, 0.29) is 0 Å². The Morgan fingerprint density at radius 2 is 1.21 bits per heavy atom. The van der Waals surface area contributed by atoms with Gasteiger partial charge in [0.25, 0.3) is 0 Å². The first kappa shape index (κ1) is 17.7. The van der Waals surface area contributed by atoms with Gasteiger partial charge in [-0.1, -0.05) is 91.0 Å². The maximum atomic E-state index is 11.8. The highest BCUT2D eigenvalue weighted by Crippen LogP contribution is 2.40. The summed E-state index contributed by atoms with van der Waals surface area (Å²) in [5.74, 6) is -0.0761. The first-order chi connectivity index (χ1) is 13.7. The predicted octanol–water partition coefficient (Wildman–Crippen LogP) is 6.01. The number of ether oxygens (including phenoxy) is 1. The molecule has 0 amide bonds. The Labute approximate surface area is 164 Å². The Bertz CT molecular complexity index is 1090. The lowest BCUT2D eigenvalue weighted by molar-refractivity contribution is -0.132. The van der Waals surface area contributed by atoms with Gasteiger partial charge in [-0.05, 0) is 22.8 Å². The van der Waals surface area contributed by atoms with Crippen molar-refractivity contribution < 1.29 is 9.53 Å². The Morgan fingerprint density at radius 1 is 0.714 bits per heavy atom. The van der Waals surface area contributed by atoms with Crippen LogP contribution in [0.3, 0.4) is 0 Å². The highest BCUT2D eigenvalue weighted by atomic mass is 16.5. The summed E-state index contributed by atoms with van der Waals surface area (Å²) in [6.07, 6.45) is 0. The third kappa shape index (κ3) is 3.69. The molecular formula is C25H19NO2. The molecule has 3 aromatic carbocycles. The Kier molecular flexibility index (Phi) is 4.98. The molecule has 0 bridgehead atoms. The topological polar surface area (TPSA) is 39.2 Å². The molecule has 136 valence electrons. The van der Waals surface area contributed by atoms with E-state index in [2.05, 4.69) is 6.07 Å². The Balaban J connectivity index is 2.03. The third-order valence-electron chi connectivity index (χ3n) is 4.44. The summed E-state index contributed by atoms with van der Waals surface area (Å²) in [6, 6.07) is 31.9. The summed E-state index contributed by atoms with van der Waals surface area (Å²) >= 11 is 0. The van der Waals surface area contributed by atoms with E-state index in [1.165, 1.54) is 6.92 Å². The van der Waals surface area contributed by atoms with Crippen LogP contribution in [0, 0.1) is 0 Å². The fraction of sp³-hybridized carbons (Fsp3) is 0.0400. The molecule has 0 saturated carbocycles. The summed E-state index contributed by atoms with van der Waals surface area (Å²) < 4.78 is 5.57. The number of carbonyl (C=O) groups excluding carboxylic acids is 1. The first-order valence-corrected chi connectivity index (χ1v) is 9.12. The largest absolute Gasteiger partial charge is 0.407 e. The van der Waals surface area contributed by atoms with Gasteiger partial charge in [-0.25, -0.2) is 4.98 Å². The van der Waals surface area contributed by atoms with E-state index in [1.54, 1.807) is 0 Å². The van der Waals surface area contributed by atoms with Crippen LogP contribution in [0.2, 0.25) is 0 Å². The van der Waals surface area contributed by atoms with E-state index in [0.29, 0.717) is 5.88 Å². The van der Waals surface area contributed by atoms with Crippen molar-refractivity contribution in [2.24, 2.45) is 0 Å². The van der Waals surface area contributed by atoms with Crippen LogP contribution in [-0.4, -0.2) is 11.0 Å². The third-order valence-corrected chi connectivity index (χ3v) is 4.44. The maximum Gasteiger partial charge on any atom is 0.309 e. The molecular weight excluding hydrogens is 346 g/mol. The van der Waals surface area contributed by atoms with Gasteiger partial charge in [0.15, 0.2) is 0 Å². The molecule has 0 spiro atoms. The van der Waals surface area contributed by atoms with Crippen molar-refractivity contribution in [1.82, 2.24) is 4.98 Å². The molecule has 0 atom stereocenters. The molecule has 4 rings (SSSR count). The quantitative estimate of drug-likeness (QED) is 0.416. The zero-order chi connectivity index (χ0) is 19.3. The maximum absolute atomic E-state index is 11.8. The van der Waals surface area contributed by atoms with Gasteiger partial charge in [-0.2, -0.15) is 0 Å². The number of hydrogen-bond donors (Lipinski definition) is 0. The summed E-state index contributed by atoms with van der Waals surface area (Å²) in [4.78, 5) is 16.5. The summed E-state index contributed by atoms with van der Waals surface area (Å²) in [5, 5.41) is 0. The van der Waals surface area contributed by atoms with Crippen LogP contribution in [0.1, 0.15) is 6.92 Å². The normalized spacial score (nSPS) is 10.5. The van der Waals surface area contributed by atoms with Gasteiger partial charge in [-0.3, -0.25) is 4.79 Å². The SMILES string of the molecule is CC(=O)Oc1nc(-c2ccccc2)cc(-c2ccccc2)c1-c1ccccc1. The average molecular weight is 365 g/mol. The van der Waals surface area contributed by atoms with E-state index in [9.17, 15) is 4.79 Å². The zero-order valence-corrected chi connectivity index (χ0v) is 15.5. The van der Waals surface area contributed by atoms with Crippen LogP contribution in [0.25, 0.3) is 33.5 Å². The highest BCUT2D eigenvalue weighted by Gasteiger charge is 2.19. The number of rotatable bonds is 4. The molecule has 0 fully saturated rings. The van der Waals surface area contributed by atoms with Crippen LogP contribution >= 0.6 is 0 Å². The second kappa shape index (κ2) is 7.89. The average Bonchev–Trinajstić information content (AvgIpc) is 2.74. The van der Waals surface area contributed by atoms with Crippen molar-refractivity contribution in [3.05, 3.63) is 97.1 Å². The molecule has 0 aliphatic heterocycles. The van der Waals surface area contributed by atoms with Gasteiger partial charge < -0.3 is 4.74 Å². The van der Waals surface area contributed by atoms with Gasteiger partial charge in [0.1, 0.15) is 0 Å². The van der Waals surface area contributed by atoms with Crippen molar-refractivity contribution in [3.63, 3.8) is 0 Å². The van der Waals surface area contributed by atoms with E-state index in [4.69, 9.17) is 9.72 Å². The molecule has 4 aromatic rings. The Hall–Kier alpha value is -3.72. The van der Waals surface area contributed by atoms with E-state index < -0.39 is 5.97 Å². The lowest BCUT2D eigenvalue weighted by Crippen LogP contribution is -2.06. The molecule has 0 N–H and O–H groups in total. The number of hydrogen-bond acceptors (Lipinski definition) is 3. The summed E-state index contributed by atoms with van der Waals surface area (Å²) in [5.41, 5.74) is 5.49. The fourth-order valence-corrected chi connectivity index (χ4v) is 3.22. The second-order valence-electron chi connectivity index (χ2n) is 6.43. The van der Waals surface area contributed by atoms with Crippen LogP contribution in [-0.2, 0) is 4.79 Å². The number of esters is 1. The summed E-state index contributed by atoms with van der Waals surface area (Å²) in [6.45, 7) is 1.40. The number of pyridine rings is 1. The van der Waals surface area contributed by atoms with Crippen LogP contribution in [0.15, 0.2) is 97.1 Å². The van der Waals surface area contributed by atoms with Gasteiger partial charge in [-0.15, -0.1) is 0 Å².